The molecule has 470 valence electrons. The van der Waals surface area contributed by atoms with Crippen molar-refractivity contribution in [3.8, 4) is 0 Å². The van der Waals surface area contributed by atoms with Crippen molar-refractivity contribution in [3.63, 3.8) is 0 Å². The van der Waals surface area contributed by atoms with Crippen LogP contribution in [0, 0.1) is 0 Å². The fourth-order valence-electron chi connectivity index (χ4n) is 9.83. The molecule has 0 N–H and O–H groups in total. The van der Waals surface area contributed by atoms with Gasteiger partial charge in [-0.2, -0.15) is 0 Å². The maximum Gasteiger partial charge on any atom is 0.306 e. The number of carbonyl (C=O) groups excluding carboxylic acids is 3. The quantitative estimate of drug-likeness (QED) is 0.0261. The van der Waals surface area contributed by atoms with Crippen molar-refractivity contribution in [3.05, 3.63) is 109 Å². The number of ether oxygens (including phenoxy) is 3. The minimum atomic E-state index is -0.791. The lowest BCUT2D eigenvalue weighted by molar-refractivity contribution is -0.167. The van der Waals surface area contributed by atoms with Gasteiger partial charge in [-0.15, -0.1) is 0 Å². The van der Waals surface area contributed by atoms with Crippen LogP contribution in [0.3, 0.4) is 0 Å². The van der Waals surface area contributed by atoms with E-state index in [4.69, 9.17) is 14.2 Å². The molecule has 0 aromatic rings. The van der Waals surface area contributed by atoms with Gasteiger partial charge in [0.1, 0.15) is 13.2 Å². The Hall–Kier alpha value is -3.93. The standard InChI is InChI=1S/C76H130O6/c1-4-7-10-13-16-19-22-25-28-30-32-33-34-35-36-37-38-39-40-41-42-43-44-46-48-51-54-57-60-63-66-69-75(78)81-72-73(71-80-74(77)68-65-62-59-56-53-50-47-27-24-21-18-15-12-9-6-3)82-76(79)70-67-64-61-58-55-52-49-45-31-29-26-23-20-17-14-11-8-5-2/h7,9-10,12,16,18-21,23,25,27-29,31-33,47,73H,4-6,8,11,13-15,17,22,24,26,30,34-46,48-72H2,1-3H3/b10-7-,12-9-,19-16-,21-18-,23-20-,28-25-,31-29-,33-32-,47-27-. The Bertz CT molecular complexity index is 1640. The molecular weight excluding hydrogens is 1010 g/mol. The highest BCUT2D eigenvalue weighted by molar-refractivity contribution is 5.71. The van der Waals surface area contributed by atoms with Crippen LogP contribution >= 0.6 is 0 Å². The minimum Gasteiger partial charge on any atom is -0.462 e. The highest BCUT2D eigenvalue weighted by Gasteiger charge is 2.19. The van der Waals surface area contributed by atoms with Crippen molar-refractivity contribution < 1.29 is 28.6 Å². The highest BCUT2D eigenvalue weighted by Crippen LogP contribution is 2.17. The van der Waals surface area contributed by atoms with E-state index in [0.717, 1.165) is 135 Å². The molecule has 0 saturated heterocycles. The number of rotatable bonds is 63. The number of esters is 3. The fourth-order valence-corrected chi connectivity index (χ4v) is 9.83. The molecule has 0 bridgehead atoms. The van der Waals surface area contributed by atoms with Gasteiger partial charge in [-0.3, -0.25) is 14.4 Å². The van der Waals surface area contributed by atoms with E-state index in [2.05, 4.69) is 130 Å². The largest absolute Gasteiger partial charge is 0.462 e. The van der Waals surface area contributed by atoms with Crippen molar-refractivity contribution >= 4 is 17.9 Å². The smallest absolute Gasteiger partial charge is 0.306 e. The van der Waals surface area contributed by atoms with Gasteiger partial charge in [-0.1, -0.05) is 304 Å². The molecule has 0 aliphatic rings. The summed E-state index contributed by atoms with van der Waals surface area (Å²) in [6.07, 6.45) is 95.4. The Morgan fingerprint density at radius 1 is 0.256 bits per heavy atom. The predicted molar refractivity (Wildman–Crippen MR) is 357 cm³/mol. The first-order chi connectivity index (χ1) is 40.5. The summed E-state index contributed by atoms with van der Waals surface area (Å²) in [5, 5.41) is 0. The Morgan fingerprint density at radius 3 is 0.744 bits per heavy atom. The first-order valence-electron chi connectivity index (χ1n) is 34.9. The van der Waals surface area contributed by atoms with Gasteiger partial charge < -0.3 is 14.2 Å². The van der Waals surface area contributed by atoms with E-state index in [1.54, 1.807) is 0 Å². The molecule has 0 aliphatic heterocycles. The van der Waals surface area contributed by atoms with Crippen LogP contribution in [-0.2, 0) is 28.6 Å². The normalized spacial score (nSPS) is 12.8. The van der Waals surface area contributed by atoms with E-state index in [1.165, 1.54) is 161 Å². The molecule has 0 saturated carbocycles. The molecule has 0 spiro atoms. The van der Waals surface area contributed by atoms with E-state index in [1.807, 2.05) is 0 Å². The van der Waals surface area contributed by atoms with Crippen LogP contribution in [0.15, 0.2) is 109 Å². The maximum atomic E-state index is 12.9. The summed E-state index contributed by atoms with van der Waals surface area (Å²) >= 11 is 0. The van der Waals surface area contributed by atoms with E-state index < -0.39 is 6.10 Å². The number of hydrogen-bond donors (Lipinski definition) is 0. The zero-order valence-corrected chi connectivity index (χ0v) is 54.0. The van der Waals surface area contributed by atoms with E-state index in [0.29, 0.717) is 19.3 Å². The molecule has 0 radical (unpaired) electrons. The van der Waals surface area contributed by atoms with Gasteiger partial charge in [0, 0.05) is 19.3 Å². The predicted octanol–water partition coefficient (Wildman–Crippen LogP) is 24.2. The third-order valence-electron chi connectivity index (χ3n) is 15.0. The van der Waals surface area contributed by atoms with Crippen molar-refractivity contribution in [1.82, 2.24) is 0 Å². The molecular formula is C76H130O6. The van der Waals surface area contributed by atoms with Gasteiger partial charge in [0.15, 0.2) is 6.10 Å². The molecule has 6 nitrogen and oxygen atoms in total. The highest BCUT2D eigenvalue weighted by atomic mass is 16.6. The first kappa shape index (κ1) is 78.1. The lowest BCUT2D eigenvalue weighted by atomic mass is 10.0. The minimum absolute atomic E-state index is 0.0848. The number of allylic oxidation sites excluding steroid dienone is 18. The molecule has 0 aromatic carbocycles. The second-order valence-corrected chi connectivity index (χ2v) is 23.0. The molecule has 1 atom stereocenters. The van der Waals surface area contributed by atoms with Gasteiger partial charge in [0.25, 0.3) is 0 Å². The second-order valence-electron chi connectivity index (χ2n) is 23.0. The monoisotopic (exact) mass is 1140 g/mol. The molecule has 0 aromatic heterocycles. The van der Waals surface area contributed by atoms with E-state index in [-0.39, 0.29) is 31.1 Å². The van der Waals surface area contributed by atoms with Crippen LogP contribution in [0.2, 0.25) is 0 Å². The lowest BCUT2D eigenvalue weighted by Crippen LogP contribution is -2.30. The number of carbonyl (C=O) groups is 3. The van der Waals surface area contributed by atoms with Crippen LogP contribution in [-0.4, -0.2) is 37.2 Å². The van der Waals surface area contributed by atoms with Crippen molar-refractivity contribution in [2.75, 3.05) is 13.2 Å². The van der Waals surface area contributed by atoms with E-state index in [9.17, 15) is 14.4 Å². The topological polar surface area (TPSA) is 78.9 Å². The van der Waals surface area contributed by atoms with Crippen LogP contribution < -0.4 is 0 Å². The zero-order valence-electron chi connectivity index (χ0n) is 54.0. The number of unbranched alkanes of at least 4 members (excludes halogenated alkanes) is 34. The first-order valence-corrected chi connectivity index (χ1v) is 34.9. The number of hydrogen-bond acceptors (Lipinski definition) is 6. The van der Waals surface area contributed by atoms with Crippen LogP contribution in [0.4, 0.5) is 0 Å². The fraction of sp³-hybridized carbons (Fsp3) is 0.724. The van der Waals surface area contributed by atoms with Gasteiger partial charge in [-0.25, -0.2) is 0 Å². The Balaban J connectivity index is 4.25. The van der Waals surface area contributed by atoms with Gasteiger partial charge >= 0.3 is 17.9 Å². The SMILES string of the molecule is CC/C=C\C/C=C\C/C=C\C/C=C\CCCCCCCCCCCCCCCCCCCCC(=O)OCC(COC(=O)CCCCCCC/C=C\C/C=C\C/C=C\CC)OC(=O)CCCCCCCCC/C=C\C/C=C\CCCCCC. The molecule has 0 heterocycles. The average molecular weight is 1140 g/mol. The summed E-state index contributed by atoms with van der Waals surface area (Å²) in [4.78, 5) is 38.4. The summed E-state index contributed by atoms with van der Waals surface area (Å²) in [5.41, 5.74) is 0. The lowest BCUT2D eigenvalue weighted by Gasteiger charge is -2.18. The Morgan fingerprint density at radius 2 is 0.476 bits per heavy atom. The molecule has 82 heavy (non-hydrogen) atoms. The molecule has 6 heteroatoms. The summed E-state index contributed by atoms with van der Waals surface area (Å²) in [5.74, 6) is -0.897. The molecule has 0 amide bonds. The Labute approximate surface area is 508 Å². The zero-order chi connectivity index (χ0) is 59.2. The summed E-state index contributed by atoms with van der Waals surface area (Å²) in [7, 11) is 0. The summed E-state index contributed by atoms with van der Waals surface area (Å²) < 4.78 is 17.0. The van der Waals surface area contributed by atoms with Crippen LogP contribution in [0.25, 0.3) is 0 Å². The Kier molecular flexibility index (Phi) is 66.2. The van der Waals surface area contributed by atoms with Crippen molar-refractivity contribution in [1.29, 1.82) is 0 Å². The second kappa shape index (κ2) is 69.6. The summed E-state index contributed by atoms with van der Waals surface area (Å²) in [6, 6.07) is 0. The third kappa shape index (κ3) is 66.9. The van der Waals surface area contributed by atoms with Gasteiger partial charge in [0.05, 0.1) is 0 Å². The van der Waals surface area contributed by atoms with Crippen LogP contribution in [0.1, 0.15) is 335 Å². The molecule has 1 unspecified atom stereocenters. The van der Waals surface area contributed by atoms with Crippen LogP contribution in [0.5, 0.6) is 0 Å². The average Bonchev–Trinajstić information content (AvgIpc) is 3.47. The van der Waals surface area contributed by atoms with Crippen molar-refractivity contribution in [2.45, 2.75) is 341 Å². The third-order valence-corrected chi connectivity index (χ3v) is 15.0. The maximum absolute atomic E-state index is 12.9. The van der Waals surface area contributed by atoms with Crippen molar-refractivity contribution in [2.24, 2.45) is 0 Å². The molecule has 0 fully saturated rings. The van der Waals surface area contributed by atoms with Gasteiger partial charge in [-0.05, 0) is 122 Å². The van der Waals surface area contributed by atoms with Gasteiger partial charge in [0.2, 0.25) is 0 Å². The van der Waals surface area contributed by atoms with E-state index >= 15 is 0 Å². The molecule has 0 rings (SSSR count). The summed E-state index contributed by atoms with van der Waals surface area (Å²) in [6.45, 7) is 6.41. The molecule has 0 aliphatic carbocycles.